The van der Waals surface area contributed by atoms with Crippen LogP contribution in [0, 0.1) is 0 Å². The van der Waals surface area contributed by atoms with Gasteiger partial charge in [0.2, 0.25) is 0 Å². The van der Waals surface area contributed by atoms with Crippen LogP contribution >= 0.6 is 11.6 Å². The Morgan fingerprint density at radius 1 is 1.36 bits per heavy atom. The summed E-state index contributed by atoms with van der Waals surface area (Å²) in [7, 11) is 0. The Bertz CT molecular complexity index is 650. The number of hydrogen-bond donors (Lipinski definition) is 0. The average Bonchev–Trinajstić information content (AvgIpc) is 3.04. The van der Waals surface area contributed by atoms with E-state index in [1.165, 1.54) is 5.56 Å². The molecule has 1 aromatic carbocycles. The lowest BCUT2D eigenvalue weighted by Crippen LogP contribution is -2.39. The van der Waals surface area contributed by atoms with Crippen molar-refractivity contribution < 1.29 is 4.79 Å². The van der Waals surface area contributed by atoms with E-state index in [2.05, 4.69) is 17.2 Å². The van der Waals surface area contributed by atoms with Gasteiger partial charge in [0.15, 0.2) is 0 Å². The molecule has 1 aliphatic rings. The first-order valence-corrected chi connectivity index (χ1v) is 8.12. The zero-order chi connectivity index (χ0) is 15.5. The van der Waals surface area contributed by atoms with E-state index in [4.69, 9.17) is 11.6 Å². The van der Waals surface area contributed by atoms with Gasteiger partial charge in [-0.05, 0) is 37.5 Å². The molecule has 4 nitrogen and oxygen atoms in total. The maximum atomic E-state index is 12.6. The average molecular weight is 318 g/mol. The molecule has 0 N–H and O–H groups in total. The summed E-state index contributed by atoms with van der Waals surface area (Å²) in [5.41, 5.74) is 1.93. The van der Waals surface area contributed by atoms with Crippen LogP contribution < -0.4 is 0 Å². The van der Waals surface area contributed by atoms with Crippen LogP contribution in [0.3, 0.4) is 0 Å². The Morgan fingerprint density at radius 2 is 2.14 bits per heavy atom. The van der Waals surface area contributed by atoms with Crippen LogP contribution in [0.25, 0.3) is 0 Å². The van der Waals surface area contributed by atoms with Crippen molar-refractivity contribution in [3.05, 3.63) is 52.8 Å². The third-order valence-electron chi connectivity index (χ3n) is 4.25. The van der Waals surface area contributed by atoms with Crippen molar-refractivity contribution in [2.45, 2.75) is 32.2 Å². The predicted octanol–water partition coefficient (Wildman–Crippen LogP) is 3.58. The molecule has 22 heavy (non-hydrogen) atoms. The molecule has 0 spiro atoms. The van der Waals surface area contributed by atoms with Crippen LogP contribution in [0.5, 0.6) is 0 Å². The summed E-state index contributed by atoms with van der Waals surface area (Å²) >= 11 is 5.95. The van der Waals surface area contributed by atoms with Gasteiger partial charge >= 0.3 is 0 Å². The summed E-state index contributed by atoms with van der Waals surface area (Å²) in [5.74, 6) is 0.467. The monoisotopic (exact) mass is 317 g/mol. The number of aryl methyl sites for hydroxylation is 1. The van der Waals surface area contributed by atoms with Gasteiger partial charge in [-0.25, -0.2) is 0 Å². The summed E-state index contributed by atoms with van der Waals surface area (Å²) in [5, 5.41) is 4.94. The van der Waals surface area contributed by atoms with Crippen LogP contribution in [-0.4, -0.2) is 33.7 Å². The van der Waals surface area contributed by atoms with Crippen molar-refractivity contribution in [2.75, 3.05) is 13.1 Å². The van der Waals surface area contributed by atoms with Gasteiger partial charge < -0.3 is 4.90 Å². The van der Waals surface area contributed by atoms with Gasteiger partial charge in [0.05, 0.1) is 11.8 Å². The summed E-state index contributed by atoms with van der Waals surface area (Å²) in [4.78, 5) is 14.6. The number of hydrogen-bond acceptors (Lipinski definition) is 2. The van der Waals surface area contributed by atoms with Gasteiger partial charge in [-0.15, -0.1) is 0 Å². The summed E-state index contributed by atoms with van der Waals surface area (Å²) in [6.45, 7) is 4.37. The van der Waals surface area contributed by atoms with Gasteiger partial charge in [0, 0.05) is 36.8 Å². The molecule has 5 heteroatoms. The number of aromatic nitrogens is 2. The van der Waals surface area contributed by atoms with Crippen molar-refractivity contribution in [1.82, 2.24) is 14.7 Å². The lowest BCUT2D eigenvalue weighted by atomic mass is 9.90. The van der Waals surface area contributed by atoms with Crippen molar-refractivity contribution in [3.63, 3.8) is 0 Å². The minimum absolute atomic E-state index is 0.0818. The highest BCUT2D eigenvalue weighted by atomic mass is 35.5. The molecule has 3 rings (SSSR count). The van der Waals surface area contributed by atoms with Crippen molar-refractivity contribution in [1.29, 1.82) is 0 Å². The van der Waals surface area contributed by atoms with Crippen LogP contribution in [0.1, 0.15) is 41.6 Å². The first-order valence-electron chi connectivity index (χ1n) is 7.74. The number of nitrogens with zero attached hydrogens (tertiary/aromatic N) is 3. The Morgan fingerprint density at radius 3 is 2.82 bits per heavy atom. The largest absolute Gasteiger partial charge is 0.338 e. The number of halogens is 1. The second-order valence-corrected chi connectivity index (χ2v) is 6.16. The number of carbonyl (C=O) groups excluding carboxylic acids is 1. The first kappa shape index (κ1) is 15.1. The standard InChI is InChI=1S/C17H20ClN3O/c1-2-21-12-15(10-19-21)17(22)20-9-3-4-14(11-20)13-5-7-16(18)8-6-13/h5-8,10,12,14H,2-4,9,11H2,1H3/t14-/m1/s1. The fourth-order valence-corrected chi connectivity index (χ4v) is 3.12. The van der Waals surface area contributed by atoms with Gasteiger partial charge in [0.1, 0.15) is 0 Å². The smallest absolute Gasteiger partial charge is 0.257 e. The van der Waals surface area contributed by atoms with E-state index in [-0.39, 0.29) is 5.91 Å². The molecule has 1 atom stereocenters. The Balaban J connectivity index is 1.72. The highest BCUT2D eigenvalue weighted by molar-refractivity contribution is 6.30. The van der Waals surface area contributed by atoms with E-state index < -0.39 is 0 Å². The van der Waals surface area contributed by atoms with Gasteiger partial charge in [0.25, 0.3) is 5.91 Å². The van der Waals surface area contributed by atoms with Crippen molar-refractivity contribution in [3.8, 4) is 0 Å². The van der Waals surface area contributed by atoms with Gasteiger partial charge in [-0.3, -0.25) is 9.48 Å². The van der Waals surface area contributed by atoms with E-state index in [0.29, 0.717) is 11.5 Å². The summed E-state index contributed by atoms with van der Waals surface area (Å²) in [6, 6.07) is 7.97. The highest BCUT2D eigenvalue weighted by Crippen LogP contribution is 2.28. The maximum Gasteiger partial charge on any atom is 0.257 e. The van der Waals surface area contributed by atoms with Gasteiger partial charge in [-0.1, -0.05) is 23.7 Å². The molecule has 1 aromatic heterocycles. The minimum atomic E-state index is 0.0818. The quantitative estimate of drug-likeness (QED) is 0.868. The normalized spacial score (nSPS) is 18.5. The number of rotatable bonds is 3. The number of likely N-dealkylation sites (tertiary alicyclic amines) is 1. The lowest BCUT2D eigenvalue weighted by Gasteiger charge is -2.32. The molecular weight excluding hydrogens is 298 g/mol. The second-order valence-electron chi connectivity index (χ2n) is 5.73. The molecule has 0 unspecified atom stereocenters. The van der Waals surface area contributed by atoms with Crippen molar-refractivity contribution in [2.24, 2.45) is 0 Å². The summed E-state index contributed by atoms with van der Waals surface area (Å²) < 4.78 is 1.79. The number of carbonyl (C=O) groups is 1. The van der Waals surface area contributed by atoms with Gasteiger partial charge in [-0.2, -0.15) is 5.10 Å². The van der Waals surface area contributed by atoms with Crippen LogP contribution in [-0.2, 0) is 6.54 Å². The maximum absolute atomic E-state index is 12.6. The number of benzene rings is 1. The molecule has 0 radical (unpaired) electrons. The molecule has 116 valence electrons. The zero-order valence-electron chi connectivity index (χ0n) is 12.7. The topological polar surface area (TPSA) is 38.1 Å². The zero-order valence-corrected chi connectivity index (χ0v) is 13.5. The van der Waals surface area contributed by atoms with Crippen molar-refractivity contribution >= 4 is 17.5 Å². The molecular formula is C17H20ClN3O. The molecule has 1 aliphatic heterocycles. The Labute approximate surface area is 135 Å². The van der Waals surface area contributed by atoms with Crippen LogP contribution in [0.4, 0.5) is 0 Å². The fourth-order valence-electron chi connectivity index (χ4n) is 3.00. The van der Waals surface area contributed by atoms with Crippen LogP contribution in [0.15, 0.2) is 36.7 Å². The lowest BCUT2D eigenvalue weighted by molar-refractivity contribution is 0.0707. The molecule has 0 aliphatic carbocycles. The van der Waals surface area contributed by atoms with E-state index in [1.807, 2.05) is 30.2 Å². The molecule has 0 bridgehead atoms. The first-order chi connectivity index (χ1) is 10.7. The minimum Gasteiger partial charge on any atom is -0.338 e. The molecule has 2 aromatic rings. The fraction of sp³-hybridized carbons (Fsp3) is 0.412. The molecule has 1 fully saturated rings. The number of piperidine rings is 1. The third kappa shape index (κ3) is 3.17. The number of amides is 1. The predicted molar refractivity (Wildman–Crippen MR) is 87.2 cm³/mol. The Hall–Kier alpha value is -1.81. The molecule has 1 saturated heterocycles. The molecule has 1 amide bonds. The highest BCUT2D eigenvalue weighted by Gasteiger charge is 2.26. The molecule has 0 saturated carbocycles. The van der Waals surface area contributed by atoms with E-state index in [1.54, 1.807) is 10.9 Å². The van der Waals surface area contributed by atoms with E-state index >= 15 is 0 Å². The second kappa shape index (κ2) is 6.53. The van der Waals surface area contributed by atoms with E-state index in [9.17, 15) is 4.79 Å². The third-order valence-corrected chi connectivity index (χ3v) is 4.51. The van der Waals surface area contributed by atoms with Crippen LogP contribution in [0.2, 0.25) is 5.02 Å². The Kier molecular flexibility index (Phi) is 4.48. The summed E-state index contributed by atoms with van der Waals surface area (Å²) in [6.07, 6.45) is 5.63. The van der Waals surface area contributed by atoms with E-state index in [0.717, 1.165) is 37.5 Å². The molecule has 2 heterocycles. The SMILES string of the molecule is CCn1cc(C(=O)N2CCC[C@@H](c3ccc(Cl)cc3)C2)cn1.